The summed E-state index contributed by atoms with van der Waals surface area (Å²) in [6.07, 6.45) is -4.58. The van der Waals surface area contributed by atoms with Gasteiger partial charge in [-0.1, -0.05) is 17.2 Å². The Morgan fingerprint density at radius 2 is 1.71 bits per heavy atom. The summed E-state index contributed by atoms with van der Waals surface area (Å²) in [5.41, 5.74) is -0.0468. The van der Waals surface area contributed by atoms with Gasteiger partial charge in [0.2, 0.25) is 0 Å². The van der Waals surface area contributed by atoms with Gasteiger partial charge in [-0.2, -0.15) is 13.2 Å². The number of rotatable bonds is 3. The number of aromatic nitrogens is 1. The van der Waals surface area contributed by atoms with Gasteiger partial charge in [0, 0.05) is 4.88 Å². The molecule has 2 aromatic heterocycles. The quantitative estimate of drug-likeness (QED) is 0.616. The minimum Gasteiger partial charge on any atom is -0.325 e. The predicted molar refractivity (Wildman–Crippen MR) is 93.0 cm³/mol. The van der Waals surface area contributed by atoms with Crippen LogP contribution in [-0.2, 0) is 11.4 Å². The van der Waals surface area contributed by atoms with Crippen molar-refractivity contribution in [2.24, 2.45) is 0 Å². The van der Waals surface area contributed by atoms with Crippen LogP contribution in [0.3, 0.4) is 0 Å². The van der Waals surface area contributed by atoms with Crippen molar-refractivity contribution >= 4 is 39.3 Å². The summed E-state index contributed by atoms with van der Waals surface area (Å²) >= 11 is 1.22. The molecular formula is C18H11F3N2O4S. The van der Waals surface area contributed by atoms with Crippen LogP contribution in [0.15, 0.2) is 36.4 Å². The van der Waals surface area contributed by atoms with Crippen LogP contribution in [0.4, 0.5) is 13.2 Å². The predicted octanol–water partition coefficient (Wildman–Crippen LogP) is 3.94. The number of benzene rings is 1. The number of amides is 2. The summed E-state index contributed by atoms with van der Waals surface area (Å²) in [6.45, 7) is 0.332. The molecule has 0 bridgehead atoms. The van der Waals surface area contributed by atoms with E-state index in [4.69, 9.17) is 4.84 Å². The zero-order chi connectivity index (χ0) is 20.2. The lowest BCUT2D eigenvalue weighted by atomic mass is 10.1. The van der Waals surface area contributed by atoms with Crippen molar-refractivity contribution in [3.63, 3.8) is 0 Å². The number of hydrogen-bond acceptors (Lipinski definition) is 5. The summed E-state index contributed by atoms with van der Waals surface area (Å²) < 4.78 is 40.3. The van der Waals surface area contributed by atoms with Crippen molar-refractivity contribution in [2.45, 2.75) is 19.6 Å². The third-order valence-corrected chi connectivity index (χ3v) is 5.18. The average molecular weight is 408 g/mol. The van der Waals surface area contributed by atoms with Gasteiger partial charge in [-0.25, -0.2) is 4.79 Å². The molecule has 10 heteroatoms. The largest absolute Gasteiger partial charge is 0.406 e. The number of thiophene rings is 1. The first-order chi connectivity index (χ1) is 13.2. The molecule has 1 aliphatic rings. The summed E-state index contributed by atoms with van der Waals surface area (Å²) in [5, 5.41) is 0.275. The molecule has 0 spiro atoms. The topological polar surface area (TPSA) is 68.6 Å². The van der Waals surface area contributed by atoms with Crippen molar-refractivity contribution in [1.82, 2.24) is 9.63 Å². The maximum Gasteiger partial charge on any atom is 0.406 e. The van der Waals surface area contributed by atoms with E-state index in [1.165, 1.54) is 35.6 Å². The smallest absolute Gasteiger partial charge is 0.325 e. The fraction of sp³-hybridized carbons (Fsp3) is 0.167. The minimum atomic E-state index is -4.58. The number of hydrogen-bond donors (Lipinski definition) is 0. The molecule has 3 aromatic rings. The molecule has 1 aliphatic heterocycles. The SMILES string of the molecule is Cc1cc2c(cc(C(=O)ON3C(=O)c4ccccc4C3=O)n2CC(F)(F)F)s1. The maximum absolute atomic E-state index is 13.0. The van der Waals surface area contributed by atoms with Crippen molar-refractivity contribution in [2.75, 3.05) is 0 Å². The van der Waals surface area contributed by atoms with E-state index >= 15 is 0 Å². The highest BCUT2D eigenvalue weighted by atomic mass is 32.1. The molecule has 0 saturated heterocycles. The molecule has 0 unspecified atom stereocenters. The number of halogens is 3. The van der Waals surface area contributed by atoms with Crippen LogP contribution in [0.1, 0.15) is 36.1 Å². The number of hydroxylamine groups is 2. The Morgan fingerprint density at radius 3 is 2.29 bits per heavy atom. The molecule has 28 heavy (non-hydrogen) atoms. The molecule has 144 valence electrons. The first kappa shape index (κ1) is 18.2. The monoisotopic (exact) mass is 408 g/mol. The molecule has 6 nitrogen and oxygen atoms in total. The van der Waals surface area contributed by atoms with Crippen molar-refractivity contribution in [3.05, 3.63) is 58.1 Å². The number of imide groups is 1. The summed E-state index contributed by atoms with van der Waals surface area (Å²) in [4.78, 5) is 42.8. The molecule has 0 N–H and O–H groups in total. The minimum absolute atomic E-state index is 0.0579. The number of nitrogens with zero attached hydrogens (tertiary/aromatic N) is 2. The zero-order valence-corrected chi connectivity index (χ0v) is 15.1. The molecule has 2 amide bonds. The zero-order valence-electron chi connectivity index (χ0n) is 14.2. The molecular weight excluding hydrogens is 397 g/mol. The second kappa shape index (κ2) is 6.20. The lowest BCUT2D eigenvalue weighted by molar-refractivity contribution is -0.140. The van der Waals surface area contributed by atoms with E-state index in [-0.39, 0.29) is 21.7 Å². The van der Waals surface area contributed by atoms with Gasteiger partial charge in [0.05, 0.1) is 21.3 Å². The Bertz CT molecular complexity index is 1110. The Labute approximate surface area is 159 Å². The lowest BCUT2D eigenvalue weighted by Crippen LogP contribution is -2.33. The van der Waals surface area contributed by atoms with Gasteiger partial charge in [0.1, 0.15) is 12.2 Å². The van der Waals surface area contributed by atoms with Crippen LogP contribution in [0, 0.1) is 6.92 Å². The molecule has 0 radical (unpaired) electrons. The first-order valence-electron chi connectivity index (χ1n) is 8.02. The highest BCUT2D eigenvalue weighted by Gasteiger charge is 2.40. The Hall–Kier alpha value is -3.14. The maximum atomic E-state index is 13.0. The second-order valence-electron chi connectivity index (χ2n) is 6.17. The third-order valence-electron chi connectivity index (χ3n) is 4.19. The summed E-state index contributed by atoms with van der Waals surface area (Å²) in [5.74, 6) is -2.92. The highest BCUT2D eigenvalue weighted by Crippen LogP contribution is 2.32. The van der Waals surface area contributed by atoms with E-state index in [9.17, 15) is 27.6 Å². The molecule has 1 aromatic carbocycles. The molecule has 0 fully saturated rings. The van der Waals surface area contributed by atoms with Gasteiger partial charge in [-0.15, -0.1) is 11.3 Å². The van der Waals surface area contributed by atoms with Crippen molar-refractivity contribution in [3.8, 4) is 0 Å². The van der Waals surface area contributed by atoms with E-state index in [0.717, 1.165) is 9.44 Å². The van der Waals surface area contributed by atoms with Crippen LogP contribution in [0.2, 0.25) is 0 Å². The second-order valence-corrected chi connectivity index (χ2v) is 7.45. The standard InChI is InChI=1S/C18H11F3N2O4S/c1-9-6-12-14(28-9)7-13(22(12)8-18(19,20)21)17(26)27-23-15(24)10-4-2-3-5-11(10)16(23)25/h2-7H,8H2,1H3. The number of aryl methyl sites for hydroxylation is 1. The Morgan fingerprint density at radius 1 is 1.11 bits per heavy atom. The first-order valence-corrected chi connectivity index (χ1v) is 8.84. The molecule has 0 aliphatic carbocycles. The van der Waals surface area contributed by atoms with Crippen LogP contribution in [0.25, 0.3) is 10.2 Å². The average Bonchev–Trinajstić information content (AvgIpc) is 3.21. The number of carbonyl (C=O) groups excluding carboxylic acids is 3. The third kappa shape index (κ3) is 2.95. The molecule has 4 rings (SSSR count). The van der Waals surface area contributed by atoms with E-state index < -0.39 is 36.2 Å². The van der Waals surface area contributed by atoms with E-state index in [1.54, 1.807) is 19.1 Å². The van der Waals surface area contributed by atoms with Gasteiger partial charge >= 0.3 is 12.1 Å². The van der Waals surface area contributed by atoms with Crippen LogP contribution < -0.4 is 0 Å². The lowest BCUT2D eigenvalue weighted by Gasteiger charge is -2.15. The van der Waals surface area contributed by atoms with E-state index in [0.29, 0.717) is 4.70 Å². The Balaban J connectivity index is 1.68. The molecule has 0 atom stereocenters. The van der Waals surface area contributed by atoms with Crippen LogP contribution in [-0.4, -0.2) is 33.6 Å². The fourth-order valence-corrected chi connectivity index (χ4v) is 4.03. The van der Waals surface area contributed by atoms with Crippen LogP contribution in [0.5, 0.6) is 0 Å². The van der Waals surface area contributed by atoms with Crippen molar-refractivity contribution < 1.29 is 32.4 Å². The van der Waals surface area contributed by atoms with Gasteiger partial charge < -0.3 is 9.40 Å². The molecule has 3 heterocycles. The number of alkyl halides is 3. The van der Waals surface area contributed by atoms with Crippen molar-refractivity contribution in [1.29, 1.82) is 0 Å². The van der Waals surface area contributed by atoms with Gasteiger partial charge in [-0.05, 0) is 31.2 Å². The van der Waals surface area contributed by atoms with E-state index in [2.05, 4.69) is 0 Å². The molecule has 0 saturated carbocycles. The summed E-state index contributed by atoms with van der Waals surface area (Å²) in [7, 11) is 0. The van der Waals surface area contributed by atoms with Crippen LogP contribution >= 0.6 is 11.3 Å². The highest BCUT2D eigenvalue weighted by molar-refractivity contribution is 7.19. The van der Waals surface area contributed by atoms with Gasteiger partial charge in [-0.3, -0.25) is 9.59 Å². The normalized spacial score (nSPS) is 14.1. The number of carbonyl (C=O) groups is 3. The van der Waals surface area contributed by atoms with Gasteiger partial charge in [0.25, 0.3) is 11.8 Å². The fourth-order valence-electron chi connectivity index (χ4n) is 3.06. The Kier molecular flexibility index (Phi) is 4.03. The van der Waals surface area contributed by atoms with Gasteiger partial charge in [0.15, 0.2) is 0 Å². The number of fused-ring (bicyclic) bond motifs is 2. The summed E-state index contributed by atoms with van der Waals surface area (Å²) in [6, 6.07) is 8.67. The van der Waals surface area contributed by atoms with E-state index in [1.807, 2.05) is 0 Å².